The highest BCUT2D eigenvalue weighted by Crippen LogP contribution is 2.37. The molecule has 0 spiro atoms. The Labute approximate surface area is 118 Å². The van der Waals surface area contributed by atoms with Crippen LogP contribution in [0.15, 0.2) is 12.1 Å². The van der Waals surface area contributed by atoms with Crippen LogP contribution >= 0.6 is 12.4 Å². The summed E-state index contributed by atoms with van der Waals surface area (Å²) in [6.45, 7) is 4.40. The van der Waals surface area contributed by atoms with Gasteiger partial charge in [-0.3, -0.25) is 4.79 Å². The Morgan fingerprint density at radius 1 is 1.58 bits per heavy atom. The highest BCUT2D eigenvalue weighted by Gasteiger charge is 2.22. The lowest BCUT2D eigenvalue weighted by Crippen LogP contribution is -2.22. The van der Waals surface area contributed by atoms with Crippen LogP contribution in [0.4, 0.5) is 5.69 Å². The summed E-state index contributed by atoms with van der Waals surface area (Å²) in [7, 11) is 0. The van der Waals surface area contributed by atoms with Gasteiger partial charge in [0.05, 0.1) is 18.8 Å². The van der Waals surface area contributed by atoms with E-state index in [1.54, 1.807) is 6.07 Å². The second kappa shape index (κ2) is 6.63. The van der Waals surface area contributed by atoms with Crippen molar-refractivity contribution < 1.29 is 14.3 Å². The van der Waals surface area contributed by atoms with Crippen molar-refractivity contribution in [3.8, 4) is 11.5 Å². The Morgan fingerprint density at radius 3 is 2.95 bits per heavy atom. The fraction of sp³-hybridized carbons (Fsp3) is 0.462. The number of amides is 1. The van der Waals surface area contributed by atoms with Crippen LogP contribution in [0.5, 0.6) is 11.5 Å². The van der Waals surface area contributed by atoms with E-state index in [9.17, 15) is 4.79 Å². The Kier molecular flexibility index (Phi) is 5.44. The monoisotopic (exact) mass is 286 g/mol. The first-order chi connectivity index (χ1) is 8.63. The number of benzene rings is 1. The van der Waals surface area contributed by atoms with Gasteiger partial charge >= 0.3 is 0 Å². The van der Waals surface area contributed by atoms with E-state index in [0.717, 1.165) is 17.7 Å². The van der Waals surface area contributed by atoms with Crippen LogP contribution in [0.1, 0.15) is 19.4 Å². The lowest BCUT2D eigenvalue weighted by atomic mass is 10.1. The minimum Gasteiger partial charge on any atom is -0.492 e. The topological polar surface area (TPSA) is 73.6 Å². The van der Waals surface area contributed by atoms with Crippen molar-refractivity contribution in [2.45, 2.75) is 26.4 Å². The average molecular weight is 287 g/mol. The molecule has 3 N–H and O–H groups in total. The molecule has 1 aliphatic heterocycles. The maximum absolute atomic E-state index is 11.4. The van der Waals surface area contributed by atoms with Crippen LogP contribution in [0, 0.1) is 0 Å². The number of hydrogen-bond donors (Lipinski definition) is 2. The first-order valence-corrected chi connectivity index (χ1v) is 6.10. The first-order valence-electron chi connectivity index (χ1n) is 6.10. The van der Waals surface area contributed by atoms with E-state index in [1.165, 1.54) is 0 Å². The predicted octanol–water partition coefficient (Wildman–Crippen LogP) is 1.73. The van der Waals surface area contributed by atoms with Gasteiger partial charge in [0.1, 0.15) is 17.6 Å². The van der Waals surface area contributed by atoms with E-state index in [0.29, 0.717) is 18.0 Å². The lowest BCUT2D eigenvalue weighted by molar-refractivity contribution is -0.114. The molecule has 1 aliphatic rings. The predicted molar refractivity (Wildman–Crippen MR) is 76.3 cm³/mol. The molecule has 1 aromatic rings. The number of hydrogen-bond acceptors (Lipinski definition) is 4. The van der Waals surface area contributed by atoms with E-state index in [-0.39, 0.29) is 31.0 Å². The van der Waals surface area contributed by atoms with E-state index >= 15 is 0 Å². The van der Waals surface area contributed by atoms with Crippen molar-refractivity contribution in [2.75, 3.05) is 18.5 Å². The van der Waals surface area contributed by atoms with E-state index in [1.807, 2.05) is 19.9 Å². The molecule has 5 nitrogen and oxygen atoms in total. The summed E-state index contributed by atoms with van der Waals surface area (Å²) < 4.78 is 11.2. The molecule has 1 heterocycles. The second-order valence-corrected chi connectivity index (χ2v) is 4.27. The Bertz CT molecular complexity index is 465. The summed E-state index contributed by atoms with van der Waals surface area (Å²) in [4.78, 5) is 11.4. The van der Waals surface area contributed by atoms with Crippen LogP contribution in [-0.4, -0.2) is 25.2 Å². The quantitative estimate of drug-likeness (QED) is 0.884. The molecule has 1 amide bonds. The number of rotatable bonds is 4. The zero-order valence-electron chi connectivity index (χ0n) is 11.1. The normalized spacial score (nSPS) is 16.1. The van der Waals surface area contributed by atoms with Gasteiger partial charge in [-0.15, -0.1) is 12.4 Å². The number of anilines is 1. The molecule has 0 aromatic heterocycles. The zero-order chi connectivity index (χ0) is 13.1. The van der Waals surface area contributed by atoms with Gasteiger partial charge in [-0.1, -0.05) is 0 Å². The number of halogens is 1. The molecule has 1 aromatic carbocycles. The minimum absolute atomic E-state index is 0. The van der Waals surface area contributed by atoms with Crippen LogP contribution in [0.3, 0.4) is 0 Å². The average Bonchev–Trinajstić information content (AvgIpc) is 2.69. The van der Waals surface area contributed by atoms with Crippen molar-refractivity contribution in [3.63, 3.8) is 0 Å². The highest BCUT2D eigenvalue weighted by atomic mass is 35.5. The molecular formula is C13H19ClN2O3. The summed E-state index contributed by atoms with van der Waals surface area (Å²) >= 11 is 0. The number of carbonyl (C=O) groups is 1. The summed E-state index contributed by atoms with van der Waals surface area (Å²) in [5, 5.41) is 2.72. The maximum atomic E-state index is 11.4. The number of ether oxygens (including phenoxy) is 2. The van der Waals surface area contributed by atoms with Crippen molar-refractivity contribution in [1.82, 2.24) is 0 Å². The van der Waals surface area contributed by atoms with Crippen molar-refractivity contribution in [3.05, 3.63) is 17.7 Å². The smallest absolute Gasteiger partial charge is 0.238 e. The van der Waals surface area contributed by atoms with Gasteiger partial charge in [0, 0.05) is 18.1 Å². The third kappa shape index (κ3) is 3.52. The summed E-state index contributed by atoms with van der Waals surface area (Å²) in [5.41, 5.74) is 7.01. The Balaban J connectivity index is 0.00000180. The number of nitrogens with two attached hydrogens (primary N) is 1. The maximum Gasteiger partial charge on any atom is 0.238 e. The lowest BCUT2D eigenvalue weighted by Gasteiger charge is -2.13. The molecule has 6 heteroatoms. The van der Waals surface area contributed by atoms with E-state index < -0.39 is 0 Å². The SMILES string of the molecule is CCOc1cc2c(cc1NC(=O)CN)OC(C)C2.Cl. The third-order valence-electron chi connectivity index (χ3n) is 2.76. The molecule has 1 atom stereocenters. The van der Waals surface area contributed by atoms with Gasteiger partial charge in [0.25, 0.3) is 0 Å². The minimum atomic E-state index is -0.248. The molecule has 0 saturated carbocycles. The third-order valence-corrected chi connectivity index (χ3v) is 2.76. The fourth-order valence-corrected chi connectivity index (χ4v) is 2.01. The van der Waals surface area contributed by atoms with Gasteiger partial charge in [-0.2, -0.15) is 0 Å². The molecule has 0 aliphatic carbocycles. The number of fused-ring (bicyclic) bond motifs is 1. The van der Waals surface area contributed by atoms with E-state index in [4.69, 9.17) is 15.2 Å². The standard InChI is InChI=1S/C13H18N2O3.ClH/c1-3-17-12-5-9-4-8(2)18-11(9)6-10(12)15-13(16)7-14;/h5-6,8H,3-4,7,14H2,1-2H3,(H,15,16);1H. The molecule has 2 rings (SSSR count). The number of carbonyl (C=O) groups excluding carboxylic acids is 1. The largest absolute Gasteiger partial charge is 0.492 e. The summed E-state index contributed by atoms with van der Waals surface area (Å²) in [6, 6.07) is 3.73. The van der Waals surface area contributed by atoms with Gasteiger partial charge in [-0.05, 0) is 19.9 Å². The first kappa shape index (κ1) is 15.6. The van der Waals surface area contributed by atoms with Gasteiger partial charge in [-0.25, -0.2) is 0 Å². The molecule has 0 radical (unpaired) electrons. The second-order valence-electron chi connectivity index (χ2n) is 4.27. The fourth-order valence-electron chi connectivity index (χ4n) is 2.01. The van der Waals surface area contributed by atoms with E-state index in [2.05, 4.69) is 5.32 Å². The molecule has 0 bridgehead atoms. The van der Waals surface area contributed by atoms with Crippen LogP contribution < -0.4 is 20.5 Å². The molecule has 1 unspecified atom stereocenters. The number of nitrogens with one attached hydrogen (secondary N) is 1. The molecule has 0 fully saturated rings. The van der Waals surface area contributed by atoms with Crippen molar-refractivity contribution in [2.24, 2.45) is 5.73 Å². The highest BCUT2D eigenvalue weighted by molar-refractivity contribution is 5.94. The van der Waals surface area contributed by atoms with Crippen molar-refractivity contribution in [1.29, 1.82) is 0 Å². The molecular weight excluding hydrogens is 268 g/mol. The molecule has 106 valence electrons. The Hall–Kier alpha value is -1.46. The van der Waals surface area contributed by atoms with Gasteiger partial charge < -0.3 is 20.5 Å². The summed E-state index contributed by atoms with van der Waals surface area (Å²) in [5.74, 6) is 1.22. The Morgan fingerprint density at radius 2 is 2.32 bits per heavy atom. The van der Waals surface area contributed by atoms with Gasteiger partial charge in [0.15, 0.2) is 0 Å². The zero-order valence-corrected chi connectivity index (χ0v) is 11.9. The van der Waals surface area contributed by atoms with Gasteiger partial charge in [0.2, 0.25) is 5.91 Å². The summed E-state index contributed by atoms with van der Waals surface area (Å²) in [6.07, 6.45) is 1.02. The van der Waals surface area contributed by atoms with Crippen LogP contribution in [0.2, 0.25) is 0 Å². The molecule has 0 saturated heterocycles. The van der Waals surface area contributed by atoms with Crippen LogP contribution in [0.25, 0.3) is 0 Å². The molecule has 19 heavy (non-hydrogen) atoms. The van der Waals surface area contributed by atoms with Crippen LogP contribution in [-0.2, 0) is 11.2 Å². The van der Waals surface area contributed by atoms with Crippen molar-refractivity contribution >= 4 is 24.0 Å².